The van der Waals surface area contributed by atoms with Crippen LogP contribution in [0.5, 0.6) is 0 Å². The van der Waals surface area contributed by atoms with Crippen LogP contribution in [-0.4, -0.2) is 51.9 Å². The molecule has 2 aromatic heterocycles. The molecule has 0 saturated carbocycles. The zero-order valence-electron chi connectivity index (χ0n) is 12.2. The number of hydrogen-bond acceptors (Lipinski definition) is 5. The van der Waals surface area contributed by atoms with Crippen LogP contribution in [0.15, 0.2) is 18.6 Å². The fraction of sp³-hybridized carbons (Fsp3) is 0.500. The highest BCUT2D eigenvalue weighted by Gasteiger charge is 2.17. The Balaban J connectivity index is 1.64. The normalized spacial score (nSPS) is 14.6. The Bertz CT molecular complexity index is 631. The molecule has 3 heterocycles. The van der Waals surface area contributed by atoms with Crippen molar-refractivity contribution in [3.8, 4) is 0 Å². The van der Waals surface area contributed by atoms with Crippen LogP contribution < -0.4 is 10.6 Å². The first-order chi connectivity index (χ1) is 10.3. The lowest BCUT2D eigenvalue weighted by molar-refractivity contribution is -0.129. The average Bonchev–Trinajstić information content (AvgIpc) is 3.17. The zero-order valence-corrected chi connectivity index (χ0v) is 12.2. The molecule has 0 aromatic carbocycles. The van der Waals surface area contributed by atoms with E-state index in [4.69, 9.17) is 0 Å². The Labute approximate surface area is 123 Å². The summed E-state index contributed by atoms with van der Waals surface area (Å²) in [6, 6.07) is 0. The standard InChI is InChI=1S/C14H20N6O/c1-15-11-10-20-9-6-17-14(20)13(18-11)16-5-4-12(21)19-7-2-3-8-19/h6,9-10,15H,2-5,7-8H2,1H3,(H,16,18). The third kappa shape index (κ3) is 2.91. The van der Waals surface area contributed by atoms with Gasteiger partial charge in [0.1, 0.15) is 5.82 Å². The molecule has 21 heavy (non-hydrogen) atoms. The van der Waals surface area contributed by atoms with Gasteiger partial charge in [-0.1, -0.05) is 0 Å². The highest BCUT2D eigenvalue weighted by molar-refractivity contribution is 5.77. The van der Waals surface area contributed by atoms with Gasteiger partial charge >= 0.3 is 0 Å². The van der Waals surface area contributed by atoms with Gasteiger partial charge in [-0.25, -0.2) is 9.97 Å². The molecule has 0 aliphatic carbocycles. The van der Waals surface area contributed by atoms with Gasteiger partial charge in [0, 0.05) is 45.5 Å². The van der Waals surface area contributed by atoms with Gasteiger partial charge in [-0.3, -0.25) is 4.79 Å². The van der Waals surface area contributed by atoms with Crippen LogP contribution >= 0.6 is 0 Å². The van der Waals surface area contributed by atoms with Crippen molar-refractivity contribution < 1.29 is 4.79 Å². The lowest BCUT2D eigenvalue weighted by Gasteiger charge is -2.15. The Morgan fingerprint density at radius 2 is 2.19 bits per heavy atom. The molecule has 1 amide bonds. The Kier molecular flexibility index (Phi) is 3.89. The van der Waals surface area contributed by atoms with E-state index in [9.17, 15) is 4.79 Å². The van der Waals surface area contributed by atoms with E-state index < -0.39 is 0 Å². The second-order valence-corrected chi connectivity index (χ2v) is 5.15. The third-order valence-electron chi connectivity index (χ3n) is 3.72. The molecule has 1 aliphatic heterocycles. The van der Waals surface area contributed by atoms with Crippen molar-refractivity contribution in [2.45, 2.75) is 19.3 Å². The van der Waals surface area contributed by atoms with Crippen LogP contribution in [0.3, 0.4) is 0 Å². The quantitative estimate of drug-likeness (QED) is 0.864. The number of carbonyl (C=O) groups is 1. The lowest BCUT2D eigenvalue weighted by atomic mass is 10.3. The van der Waals surface area contributed by atoms with Crippen molar-refractivity contribution in [1.82, 2.24) is 19.3 Å². The molecule has 7 heteroatoms. The summed E-state index contributed by atoms with van der Waals surface area (Å²) >= 11 is 0. The minimum atomic E-state index is 0.212. The van der Waals surface area contributed by atoms with Crippen LogP contribution in [0.2, 0.25) is 0 Å². The molecule has 112 valence electrons. The van der Waals surface area contributed by atoms with E-state index in [1.54, 1.807) is 6.20 Å². The SMILES string of the molecule is CNc1cn2ccnc2c(NCCC(=O)N2CCCC2)n1. The summed E-state index contributed by atoms with van der Waals surface area (Å²) in [4.78, 5) is 22.7. The molecule has 1 saturated heterocycles. The summed E-state index contributed by atoms with van der Waals surface area (Å²) in [5.74, 6) is 1.67. The first kappa shape index (κ1) is 13.7. The molecule has 7 nitrogen and oxygen atoms in total. The molecule has 0 spiro atoms. The second kappa shape index (κ2) is 5.99. The lowest BCUT2D eigenvalue weighted by Crippen LogP contribution is -2.29. The second-order valence-electron chi connectivity index (χ2n) is 5.15. The summed E-state index contributed by atoms with van der Waals surface area (Å²) in [5, 5.41) is 6.24. The van der Waals surface area contributed by atoms with Gasteiger partial charge < -0.3 is 19.9 Å². The first-order valence-corrected chi connectivity index (χ1v) is 7.31. The number of hydrogen-bond donors (Lipinski definition) is 2. The van der Waals surface area contributed by atoms with Crippen molar-refractivity contribution in [3.05, 3.63) is 18.6 Å². The predicted molar refractivity (Wildman–Crippen MR) is 81.5 cm³/mol. The van der Waals surface area contributed by atoms with Gasteiger partial charge in [-0.15, -0.1) is 0 Å². The number of anilines is 2. The highest BCUT2D eigenvalue weighted by atomic mass is 16.2. The van der Waals surface area contributed by atoms with Gasteiger partial charge in [-0.2, -0.15) is 0 Å². The number of imidazole rings is 1. The maximum atomic E-state index is 12.0. The molecule has 2 N–H and O–H groups in total. The molecule has 1 fully saturated rings. The van der Waals surface area contributed by atoms with Crippen LogP contribution in [-0.2, 0) is 4.79 Å². The van der Waals surface area contributed by atoms with Gasteiger partial charge in [-0.05, 0) is 12.8 Å². The maximum Gasteiger partial charge on any atom is 0.224 e. The van der Waals surface area contributed by atoms with Crippen molar-refractivity contribution in [2.24, 2.45) is 0 Å². The van der Waals surface area contributed by atoms with E-state index in [0.29, 0.717) is 18.8 Å². The smallest absolute Gasteiger partial charge is 0.224 e. The van der Waals surface area contributed by atoms with Crippen molar-refractivity contribution in [1.29, 1.82) is 0 Å². The molecule has 0 atom stereocenters. The molecule has 0 radical (unpaired) electrons. The number of rotatable bonds is 5. The Hall–Kier alpha value is -2.31. The third-order valence-corrected chi connectivity index (χ3v) is 3.72. The number of carbonyl (C=O) groups excluding carboxylic acids is 1. The molecular weight excluding hydrogens is 268 g/mol. The maximum absolute atomic E-state index is 12.0. The van der Waals surface area contributed by atoms with Crippen LogP contribution in [0.25, 0.3) is 5.65 Å². The van der Waals surface area contributed by atoms with Crippen LogP contribution in [0, 0.1) is 0 Å². The average molecular weight is 288 g/mol. The molecule has 0 bridgehead atoms. The van der Waals surface area contributed by atoms with Crippen molar-refractivity contribution in [2.75, 3.05) is 37.3 Å². The summed E-state index contributed by atoms with van der Waals surface area (Å²) in [7, 11) is 1.83. The van der Waals surface area contributed by atoms with Gasteiger partial charge in [0.15, 0.2) is 11.5 Å². The summed E-state index contributed by atoms with van der Waals surface area (Å²) in [6.07, 6.45) is 8.22. The van der Waals surface area contributed by atoms with Crippen LogP contribution in [0.4, 0.5) is 11.6 Å². The number of aromatic nitrogens is 3. The molecule has 2 aromatic rings. The van der Waals surface area contributed by atoms with E-state index in [2.05, 4.69) is 20.6 Å². The van der Waals surface area contributed by atoms with Gasteiger partial charge in [0.05, 0.1) is 6.20 Å². The van der Waals surface area contributed by atoms with Crippen LogP contribution in [0.1, 0.15) is 19.3 Å². The van der Waals surface area contributed by atoms with E-state index in [0.717, 1.165) is 37.4 Å². The van der Waals surface area contributed by atoms with E-state index in [-0.39, 0.29) is 5.91 Å². The first-order valence-electron chi connectivity index (χ1n) is 7.31. The fourth-order valence-corrected chi connectivity index (χ4v) is 2.58. The fourth-order valence-electron chi connectivity index (χ4n) is 2.58. The predicted octanol–water partition coefficient (Wildman–Crippen LogP) is 1.20. The number of nitrogens with zero attached hydrogens (tertiary/aromatic N) is 4. The minimum absolute atomic E-state index is 0.212. The molecule has 0 unspecified atom stereocenters. The van der Waals surface area contributed by atoms with Crippen molar-refractivity contribution >= 4 is 23.2 Å². The summed E-state index contributed by atoms with van der Waals surface area (Å²) in [6.45, 7) is 2.37. The number of amides is 1. The molecule has 1 aliphatic rings. The van der Waals surface area contributed by atoms with E-state index in [1.807, 2.05) is 28.7 Å². The topological polar surface area (TPSA) is 74.6 Å². The molecule has 3 rings (SSSR count). The van der Waals surface area contributed by atoms with Gasteiger partial charge in [0.25, 0.3) is 0 Å². The Morgan fingerprint density at radius 1 is 1.38 bits per heavy atom. The zero-order chi connectivity index (χ0) is 14.7. The van der Waals surface area contributed by atoms with E-state index >= 15 is 0 Å². The number of likely N-dealkylation sites (tertiary alicyclic amines) is 1. The number of fused-ring (bicyclic) bond motifs is 1. The summed E-state index contributed by atoms with van der Waals surface area (Å²) < 4.78 is 1.91. The minimum Gasteiger partial charge on any atom is -0.372 e. The monoisotopic (exact) mass is 288 g/mol. The largest absolute Gasteiger partial charge is 0.372 e. The molecular formula is C14H20N6O. The highest BCUT2D eigenvalue weighted by Crippen LogP contribution is 2.16. The Morgan fingerprint density at radius 3 is 2.95 bits per heavy atom. The van der Waals surface area contributed by atoms with Crippen molar-refractivity contribution in [3.63, 3.8) is 0 Å². The van der Waals surface area contributed by atoms with E-state index in [1.165, 1.54) is 0 Å². The summed E-state index contributed by atoms with van der Waals surface area (Å²) in [5.41, 5.74) is 0.766. The van der Waals surface area contributed by atoms with Gasteiger partial charge in [0.2, 0.25) is 5.91 Å². The number of nitrogens with one attached hydrogen (secondary N) is 2.